The Morgan fingerprint density at radius 2 is 1.76 bits per heavy atom. The topological polar surface area (TPSA) is 79.1 Å². The fraction of sp³-hybridized carbons (Fsp3) is 0.0769. The van der Waals surface area contributed by atoms with Crippen molar-refractivity contribution in [3.8, 4) is 28.7 Å². The Morgan fingerprint density at radius 3 is 2.52 bits per heavy atom. The maximum Gasteiger partial charge on any atom is 0.258 e. The molecule has 6 nitrogen and oxygen atoms in total. The van der Waals surface area contributed by atoms with Crippen LogP contribution in [0.4, 0.5) is 4.39 Å². The lowest BCUT2D eigenvalue weighted by Gasteiger charge is -2.16. The van der Waals surface area contributed by atoms with Crippen molar-refractivity contribution in [1.29, 1.82) is 5.26 Å². The molecular formula is C26H17FN4O2. The number of benzene rings is 3. The number of carbonyl (C=O) groups is 1. The molecule has 2 heterocycles. The van der Waals surface area contributed by atoms with Crippen LogP contribution in [-0.2, 0) is 13.1 Å². The number of nitriles is 1. The first-order valence-corrected chi connectivity index (χ1v) is 10.3. The monoisotopic (exact) mass is 436 g/mol. The van der Waals surface area contributed by atoms with Crippen molar-refractivity contribution >= 4 is 5.91 Å². The minimum Gasteiger partial charge on any atom is -0.452 e. The maximum atomic E-state index is 14.3. The fourth-order valence-electron chi connectivity index (χ4n) is 3.88. The predicted octanol–water partition coefficient (Wildman–Crippen LogP) is 5.10. The lowest BCUT2D eigenvalue weighted by molar-refractivity contribution is 0.0765. The standard InChI is InChI=1S/C26H17FN4O2/c27-22-5-1-3-19(11-28)25(22)33-23-6-2-4-20-15-31(26(32)24(20)23)14-17-7-9-18(10-8-17)21-12-29-16-30-13-21/h1-10,12-13,16H,14-15H2. The van der Waals surface area contributed by atoms with Gasteiger partial charge in [0, 0.05) is 31.0 Å². The number of carbonyl (C=O) groups excluding carboxylic acids is 1. The number of hydrogen-bond donors (Lipinski definition) is 0. The van der Waals surface area contributed by atoms with E-state index in [1.807, 2.05) is 36.4 Å². The molecule has 1 amide bonds. The van der Waals surface area contributed by atoms with Crippen LogP contribution < -0.4 is 4.74 Å². The average molecular weight is 436 g/mol. The van der Waals surface area contributed by atoms with Crippen LogP contribution in [0.15, 0.2) is 79.4 Å². The third kappa shape index (κ3) is 3.90. The van der Waals surface area contributed by atoms with Gasteiger partial charge in [0.05, 0.1) is 11.1 Å². The largest absolute Gasteiger partial charge is 0.452 e. The molecule has 0 atom stereocenters. The molecular weight excluding hydrogens is 419 g/mol. The summed E-state index contributed by atoms with van der Waals surface area (Å²) in [5.41, 5.74) is 4.14. The smallest absolute Gasteiger partial charge is 0.258 e. The third-order valence-corrected chi connectivity index (χ3v) is 5.50. The molecule has 3 aromatic carbocycles. The zero-order valence-electron chi connectivity index (χ0n) is 17.4. The Bertz CT molecular complexity index is 1380. The number of aromatic nitrogens is 2. The van der Waals surface area contributed by atoms with Crippen LogP contribution in [0.25, 0.3) is 11.1 Å². The SMILES string of the molecule is N#Cc1cccc(F)c1Oc1cccc2c1C(=O)N(Cc1ccc(-c3cncnc3)cc1)C2. The van der Waals surface area contributed by atoms with Gasteiger partial charge in [-0.15, -0.1) is 0 Å². The molecule has 0 unspecified atom stereocenters. The van der Waals surface area contributed by atoms with Gasteiger partial charge in [0.1, 0.15) is 18.1 Å². The van der Waals surface area contributed by atoms with Gasteiger partial charge >= 0.3 is 0 Å². The van der Waals surface area contributed by atoms with Crippen LogP contribution in [0, 0.1) is 17.1 Å². The van der Waals surface area contributed by atoms with Crippen LogP contribution in [0.1, 0.15) is 27.0 Å². The van der Waals surface area contributed by atoms with E-state index < -0.39 is 5.82 Å². The van der Waals surface area contributed by atoms with E-state index in [1.54, 1.807) is 29.4 Å². The quantitative estimate of drug-likeness (QED) is 0.435. The summed E-state index contributed by atoms with van der Waals surface area (Å²) in [6.45, 7) is 0.837. The number of nitrogens with zero attached hydrogens (tertiary/aromatic N) is 4. The van der Waals surface area contributed by atoms with Crippen LogP contribution in [-0.4, -0.2) is 20.8 Å². The highest BCUT2D eigenvalue weighted by Gasteiger charge is 2.31. The van der Waals surface area contributed by atoms with Crippen molar-refractivity contribution in [3.05, 3.63) is 107 Å². The first-order valence-electron chi connectivity index (χ1n) is 10.3. The van der Waals surface area contributed by atoms with E-state index in [1.165, 1.54) is 24.5 Å². The minimum atomic E-state index is -0.655. The molecule has 0 spiro atoms. The number of fused-ring (bicyclic) bond motifs is 1. The number of halogens is 1. The van der Waals surface area contributed by atoms with E-state index >= 15 is 0 Å². The molecule has 7 heteroatoms. The Hall–Kier alpha value is -4.57. The zero-order valence-corrected chi connectivity index (χ0v) is 17.4. The summed E-state index contributed by atoms with van der Waals surface area (Å²) in [4.78, 5) is 23.0. The van der Waals surface area contributed by atoms with Crippen molar-refractivity contribution in [2.45, 2.75) is 13.1 Å². The van der Waals surface area contributed by atoms with Crippen molar-refractivity contribution in [2.24, 2.45) is 0 Å². The number of rotatable bonds is 5. The highest BCUT2D eigenvalue weighted by Crippen LogP contribution is 2.36. The summed E-state index contributed by atoms with van der Waals surface area (Å²) in [5, 5.41) is 9.29. The summed E-state index contributed by atoms with van der Waals surface area (Å²) >= 11 is 0. The Labute approximate surface area is 189 Å². The van der Waals surface area contributed by atoms with Crippen molar-refractivity contribution in [3.63, 3.8) is 0 Å². The fourth-order valence-corrected chi connectivity index (χ4v) is 3.88. The molecule has 0 radical (unpaired) electrons. The van der Waals surface area contributed by atoms with Crippen LogP contribution >= 0.6 is 0 Å². The van der Waals surface area contributed by atoms with E-state index in [9.17, 15) is 14.4 Å². The Balaban J connectivity index is 1.38. The second kappa shape index (κ2) is 8.52. The molecule has 160 valence electrons. The summed E-state index contributed by atoms with van der Waals surface area (Å²) in [5.74, 6) is -0.796. The molecule has 0 saturated heterocycles. The average Bonchev–Trinajstić information content (AvgIpc) is 3.17. The van der Waals surface area contributed by atoms with Crippen LogP contribution in [0.5, 0.6) is 11.5 Å². The van der Waals surface area contributed by atoms with Gasteiger partial charge in [-0.3, -0.25) is 4.79 Å². The second-order valence-corrected chi connectivity index (χ2v) is 7.61. The zero-order chi connectivity index (χ0) is 22.8. The van der Waals surface area contributed by atoms with Gasteiger partial charge in [-0.2, -0.15) is 5.26 Å². The summed E-state index contributed by atoms with van der Waals surface area (Å²) in [6.07, 6.45) is 4.98. The van der Waals surface area contributed by atoms with Crippen LogP contribution in [0.3, 0.4) is 0 Å². The van der Waals surface area contributed by atoms with Gasteiger partial charge in [0.15, 0.2) is 11.6 Å². The summed E-state index contributed by atoms with van der Waals surface area (Å²) in [6, 6.07) is 19.2. The lowest BCUT2D eigenvalue weighted by Crippen LogP contribution is -2.23. The normalized spacial score (nSPS) is 12.4. The molecule has 5 rings (SSSR count). The van der Waals surface area contributed by atoms with Crippen LogP contribution in [0.2, 0.25) is 0 Å². The second-order valence-electron chi connectivity index (χ2n) is 7.61. The molecule has 0 saturated carbocycles. The van der Waals surface area contributed by atoms with Gasteiger partial charge in [-0.05, 0) is 34.9 Å². The molecule has 0 bridgehead atoms. The van der Waals surface area contributed by atoms with Gasteiger partial charge in [-0.25, -0.2) is 14.4 Å². The first-order chi connectivity index (χ1) is 16.1. The molecule has 0 aliphatic carbocycles. The van der Waals surface area contributed by atoms with Gasteiger partial charge in [-0.1, -0.05) is 42.5 Å². The van der Waals surface area contributed by atoms with E-state index in [2.05, 4.69) is 9.97 Å². The van der Waals surface area contributed by atoms with Gasteiger partial charge < -0.3 is 9.64 Å². The number of amides is 1. The van der Waals surface area contributed by atoms with E-state index in [4.69, 9.17) is 4.74 Å². The molecule has 4 aromatic rings. The molecule has 1 aromatic heterocycles. The van der Waals surface area contributed by atoms with Gasteiger partial charge in [0.25, 0.3) is 5.91 Å². The van der Waals surface area contributed by atoms with E-state index in [0.717, 1.165) is 22.3 Å². The van der Waals surface area contributed by atoms with Gasteiger partial charge in [0.2, 0.25) is 0 Å². The molecule has 0 fully saturated rings. The van der Waals surface area contributed by atoms with E-state index in [0.29, 0.717) is 18.7 Å². The molecule has 1 aliphatic rings. The van der Waals surface area contributed by atoms with Crippen molar-refractivity contribution in [1.82, 2.24) is 14.9 Å². The summed E-state index contributed by atoms with van der Waals surface area (Å²) in [7, 11) is 0. The summed E-state index contributed by atoms with van der Waals surface area (Å²) < 4.78 is 20.1. The first kappa shape index (κ1) is 20.3. The van der Waals surface area contributed by atoms with Crippen molar-refractivity contribution in [2.75, 3.05) is 0 Å². The maximum absolute atomic E-state index is 14.3. The number of ether oxygens (including phenoxy) is 1. The number of para-hydroxylation sites is 1. The lowest BCUT2D eigenvalue weighted by atomic mass is 10.1. The Morgan fingerprint density at radius 1 is 1.00 bits per heavy atom. The Kier molecular flexibility index (Phi) is 5.25. The molecule has 1 aliphatic heterocycles. The number of hydrogen-bond acceptors (Lipinski definition) is 5. The molecule has 0 N–H and O–H groups in total. The van der Waals surface area contributed by atoms with E-state index in [-0.39, 0.29) is 23.0 Å². The predicted molar refractivity (Wildman–Crippen MR) is 119 cm³/mol. The van der Waals surface area contributed by atoms with Crippen molar-refractivity contribution < 1.29 is 13.9 Å². The minimum absolute atomic E-state index is 0.0683. The third-order valence-electron chi connectivity index (χ3n) is 5.50. The highest BCUT2D eigenvalue weighted by molar-refractivity contribution is 6.01. The molecule has 33 heavy (non-hydrogen) atoms. The highest BCUT2D eigenvalue weighted by atomic mass is 19.1.